The van der Waals surface area contributed by atoms with Crippen LogP contribution in [-0.4, -0.2) is 81.1 Å². The number of hydrogen-bond acceptors (Lipinski definition) is 17. The maximum atomic E-state index is 8.21. The first-order chi connectivity index (χ1) is 32.1. The highest BCUT2D eigenvalue weighted by Crippen LogP contribution is 2.44. The molecule has 4 aromatic carbocycles. The predicted octanol–water partition coefficient (Wildman–Crippen LogP) is 8.45. The number of aromatic amines is 1. The number of ether oxygens (including phenoxy) is 8. The lowest BCUT2D eigenvalue weighted by atomic mass is 10.1. The van der Waals surface area contributed by atoms with E-state index in [2.05, 4.69) is 51.8 Å². The summed E-state index contributed by atoms with van der Waals surface area (Å²) in [6, 6.07) is 19.3. The van der Waals surface area contributed by atoms with Crippen molar-refractivity contribution in [3.8, 4) is 46.0 Å². The molecule has 22 heteroatoms. The largest absolute Gasteiger partial charge is 0.497 e. The Labute approximate surface area is 402 Å². The summed E-state index contributed by atoms with van der Waals surface area (Å²) >= 11 is 10.1. The molecule has 10 rings (SSSR count). The van der Waals surface area contributed by atoms with Crippen molar-refractivity contribution in [3.63, 3.8) is 0 Å². The molecule has 0 aliphatic carbocycles. The molecular weight excluding hydrogens is 1020 g/mol. The van der Waals surface area contributed by atoms with Gasteiger partial charge in [0, 0.05) is 44.0 Å². The van der Waals surface area contributed by atoms with Crippen molar-refractivity contribution in [3.05, 3.63) is 98.9 Å². The fraction of sp³-hybridized carbons (Fsp3) is 0.227. The SMILES string of the molecule is COc1cc(CCn2c(Sc3cc4c(cc3Br)OCO4)nc3c(N)ncnc32)cc(OC)c1.COc1cc(CCn2cnc(=N)c3[nH]c(Sc4cc5c(cc4Br)OCO5)nc32)cc(OC)c1. The first kappa shape index (κ1) is 44.8. The number of nitrogens with two attached hydrogens (primary N) is 1. The van der Waals surface area contributed by atoms with E-state index in [1.165, 1.54) is 29.9 Å². The van der Waals surface area contributed by atoms with E-state index in [0.717, 1.165) is 64.4 Å². The number of nitrogens with one attached hydrogen (secondary N) is 2. The molecule has 2 aliphatic heterocycles. The standard InChI is InChI=1S/2C22H20BrN5O4S/c1-29-13-5-12(6-14(7-13)30-2)3-4-28-10-25-20(24)19-21(28)27-22(26-19)33-18-9-17-16(8-15(18)23)31-11-32-17;1-29-13-5-12(6-14(7-13)30-2)3-4-28-21-19(20(24)25-10-26-21)27-22(28)33-18-9-17-16(8-15(18)23)31-11-32-17/h5-10,24H,3-4,11H2,1-2H3,(H,26,27);5-10H,3-4,11H2,1-2H3,(H2,24,25,26). The number of halogens is 2. The second kappa shape index (κ2) is 19.6. The monoisotopic (exact) mass is 1060 g/mol. The van der Waals surface area contributed by atoms with Crippen molar-refractivity contribution in [2.75, 3.05) is 47.8 Å². The molecule has 0 radical (unpaired) electrons. The Morgan fingerprint density at radius 3 is 1.76 bits per heavy atom. The summed E-state index contributed by atoms with van der Waals surface area (Å²) in [6.45, 7) is 1.68. The quantitative estimate of drug-likeness (QED) is 0.0932. The molecule has 0 unspecified atom stereocenters. The normalized spacial score (nSPS) is 12.3. The molecule has 0 spiro atoms. The summed E-state index contributed by atoms with van der Waals surface area (Å²) in [5, 5.41) is 9.61. The minimum Gasteiger partial charge on any atom is -0.497 e. The average molecular weight is 1060 g/mol. The van der Waals surface area contributed by atoms with Crippen LogP contribution in [0.3, 0.4) is 0 Å². The molecule has 0 fully saturated rings. The van der Waals surface area contributed by atoms with Crippen molar-refractivity contribution < 1.29 is 37.9 Å². The van der Waals surface area contributed by atoms with E-state index in [4.69, 9.17) is 59.0 Å². The van der Waals surface area contributed by atoms with Crippen LogP contribution in [0.4, 0.5) is 5.82 Å². The fourth-order valence-corrected chi connectivity index (χ4v) is 9.95. The van der Waals surface area contributed by atoms with Gasteiger partial charge in [-0.1, -0.05) is 23.5 Å². The summed E-state index contributed by atoms with van der Waals surface area (Å²) in [4.78, 5) is 27.4. The Bertz CT molecular complexity index is 3120. The molecule has 0 atom stereocenters. The number of fused-ring (bicyclic) bond motifs is 4. The number of rotatable bonds is 14. The molecule has 4 aromatic heterocycles. The lowest BCUT2D eigenvalue weighted by Crippen LogP contribution is -2.13. The number of methoxy groups -OCH3 is 4. The van der Waals surface area contributed by atoms with Gasteiger partial charge in [0.2, 0.25) is 13.6 Å². The molecule has 340 valence electrons. The third kappa shape index (κ3) is 9.62. The predicted molar refractivity (Wildman–Crippen MR) is 253 cm³/mol. The van der Waals surface area contributed by atoms with Gasteiger partial charge in [-0.05, 0) is 104 Å². The Kier molecular flexibility index (Phi) is 13.3. The second-order valence-electron chi connectivity index (χ2n) is 14.4. The fourth-order valence-electron chi connectivity index (χ4n) is 7.06. The third-order valence-corrected chi connectivity index (χ3v) is 14.2. The van der Waals surface area contributed by atoms with Crippen molar-refractivity contribution in [1.29, 1.82) is 5.41 Å². The van der Waals surface area contributed by atoms with Crippen LogP contribution >= 0.6 is 55.4 Å². The van der Waals surface area contributed by atoms with E-state index in [1.54, 1.807) is 34.8 Å². The molecule has 66 heavy (non-hydrogen) atoms. The number of nitrogens with zero attached hydrogens (tertiary/aromatic N) is 7. The van der Waals surface area contributed by atoms with Crippen LogP contribution in [0.1, 0.15) is 11.1 Å². The molecule has 0 saturated heterocycles. The molecule has 0 bridgehead atoms. The number of hydrogen-bond donors (Lipinski definition) is 3. The zero-order valence-corrected chi connectivity index (χ0v) is 40.5. The van der Waals surface area contributed by atoms with Crippen LogP contribution in [-0.2, 0) is 25.9 Å². The van der Waals surface area contributed by atoms with Gasteiger partial charge in [-0.2, -0.15) is 0 Å². The van der Waals surface area contributed by atoms with Crippen LogP contribution in [0.5, 0.6) is 46.0 Å². The molecule has 0 saturated carbocycles. The van der Waals surface area contributed by atoms with Gasteiger partial charge in [-0.25, -0.2) is 24.9 Å². The molecule has 4 N–H and O–H groups in total. The number of nitrogen functional groups attached to an aromatic ring is 1. The summed E-state index contributed by atoms with van der Waals surface area (Å²) in [5.74, 6) is 6.12. The van der Waals surface area contributed by atoms with Gasteiger partial charge >= 0.3 is 0 Å². The molecule has 6 heterocycles. The van der Waals surface area contributed by atoms with E-state index >= 15 is 0 Å². The van der Waals surface area contributed by atoms with Crippen LogP contribution in [0.25, 0.3) is 22.3 Å². The maximum Gasteiger partial charge on any atom is 0.231 e. The van der Waals surface area contributed by atoms with E-state index < -0.39 is 0 Å². The molecule has 0 amide bonds. The van der Waals surface area contributed by atoms with Crippen molar-refractivity contribution in [2.24, 2.45) is 0 Å². The zero-order chi connectivity index (χ0) is 45.9. The molecular formula is C44H40Br2N10O8S2. The van der Waals surface area contributed by atoms with E-state index in [0.29, 0.717) is 75.8 Å². The topological polar surface area (TPSA) is 214 Å². The minimum atomic E-state index is 0.147. The highest BCUT2D eigenvalue weighted by atomic mass is 79.9. The number of imidazole rings is 2. The van der Waals surface area contributed by atoms with Gasteiger partial charge in [-0.15, -0.1) is 0 Å². The first-order valence-electron chi connectivity index (χ1n) is 20.0. The van der Waals surface area contributed by atoms with E-state index in [1.807, 2.05) is 69.8 Å². The number of benzene rings is 4. The summed E-state index contributed by atoms with van der Waals surface area (Å²) < 4.78 is 49.2. The zero-order valence-electron chi connectivity index (χ0n) is 35.7. The highest BCUT2D eigenvalue weighted by molar-refractivity contribution is 9.10. The number of aryl methyl sites for hydroxylation is 4. The number of aromatic nitrogens is 8. The first-order valence-corrected chi connectivity index (χ1v) is 23.3. The Balaban J connectivity index is 0.000000166. The van der Waals surface area contributed by atoms with Crippen LogP contribution in [0.15, 0.2) is 102 Å². The van der Waals surface area contributed by atoms with Gasteiger partial charge in [0.15, 0.2) is 61.4 Å². The van der Waals surface area contributed by atoms with Crippen molar-refractivity contribution in [2.45, 2.75) is 46.0 Å². The van der Waals surface area contributed by atoms with Gasteiger partial charge in [0.1, 0.15) is 34.8 Å². The summed E-state index contributed by atoms with van der Waals surface area (Å²) in [7, 11) is 6.55. The van der Waals surface area contributed by atoms with E-state index in [-0.39, 0.29) is 19.1 Å². The number of anilines is 1. The third-order valence-electron chi connectivity index (χ3n) is 10.4. The second-order valence-corrected chi connectivity index (χ2v) is 18.2. The van der Waals surface area contributed by atoms with Gasteiger partial charge < -0.3 is 57.7 Å². The summed E-state index contributed by atoms with van der Waals surface area (Å²) in [6.07, 6.45) is 4.53. The van der Waals surface area contributed by atoms with Crippen molar-refractivity contribution in [1.82, 2.24) is 39.0 Å². The maximum absolute atomic E-state index is 8.21. The van der Waals surface area contributed by atoms with E-state index in [9.17, 15) is 0 Å². The number of H-pyrrole nitrogens is 1. The molecule has 18 nitrogen and oxygen atoms in total. The Morgan fingerprint density at radius 2 is 1.20 bits per heavy atom. The van der Waals surface area contributed by atoms with Gasteiger partial charge in [-0.3, -0.25) is 5.41 Å². The highest BCUT2D eigenvalue weighted by Gasteiger charge is 2.22. The van der Waals surface area contributed by atoms with Crippen LogP contribution < -0.4 is 49.1 Å². The van der Waals surface area contributed by atoms with Crippen molar-refractivity contribution >= 4 is 83.5 Å². The molecule has 2 aliphatic rings. The lowest BCUT2D eigenvalue weighted by molar-refractivity contribution is 0.173. The van der Waals surface area contributed by atoms with Gasteiger partial charge in [0.25, 0.3) is 0 Å². The average Bonchev–Trinajstić information content (AvgIpc) is 4.15. The van der Waals surface area contributed by atoms with Crippen LogP contribution in [0, 0.1) is 5.41 Å². The Hall–Kier alpha value is -6.36. The lowest BCUT2D eigenvalue weighted by Gasteiger charge is -2.11. The van der Waals surface area contributed by atoms with Crippen LogP contribution in [0.2, 0.25) is 0 Å². The molecule has 8 aromatic rings. The smallest absolute Gasteiger partial charge is 0.231 e. The summed E-state index contributed by atoms with van der Waals surface area (Å²) in [5.41, 5.74) is 10.9. The Morgan fingerprint density at radius 1 is 0.667 bits per heavy atom. The van der Waals surface area contributed by atoms with Gasteiger partial charge in [0.05, 0.1) is 34.8 Å². The minimum absolute atomic E-state index is 0.147.